The molecule has 2 aliphatic heterocycles. The molecule has 112 valence electrons. The number of ether oxygens (including phenoxy) is 1. The monoisotopic (exact) mass is 285 g/mol. The maximum atomic E-state index is 12.3. The first kappa shape index (κ1) is 14.4. The Morgan fingerprint density at radius 3 is 2.65 bits per heavy atom. The standard InChI is InChI=1S/C12H19N3O5/c1-20-11(18)13-8-4-6-14(7-8)12(19)15-5-2-3-9(15)10(16)17/h8-9H,2-7H2,1H3,(H,13,18)(H,16,17)/t8?,9-/m0/s1. The summed E-state index contributed by atoms with van der Waals surface area (Å²) in [7, 11) is 1.29. The number of nitrogens with one attached hydrogen (secondary N) is 1. The molecule has 0 aromatic heterocycles. The van der Waals surface area contributed by atoms with Crippen molar-refractivity contribution in [3.63, 3.8) is 0 Å². The molecule has 2 N–H and O–H groups in total. The maximum absolute atomic E-state index is 12.3. The third kappa shape index (κ3) is 2.94. The second-order valence-corrected chi connectivity index (χ2v) is 5.04. The van der Waals surface area contributed by atoms with E-state index in [1.54, 1.807) is 4.90 Å². The minimum Gasteiger partial charge on any atom is -0.480 e. The number of rotatable bonds is 2. The number of urea groups is 1. The van der Waals surface area contributed by atoms with E-state index in [4.69, 9.17) is 5.11 Å². The molecule has 0 aromatic carbocycles. The molecule has 0 saturated carbocycles. The van der Waals surface area contributed by atoms with Crippen LogP contribution in [0.3, 0.4) is 0 Å². The predicted octanol–water partition coefficient (Wildman–Crippen LogP) is 0.0857. The number of nitrogens with zero attached hydrogens (tertiary/aromatic N) is 2. The van der Waals surface area contributed by atoms with Gasteiger partial charge in [-0.15, -0.1) is 0 Å². The molecule has 2 heterocycles. The smallest absolute Gasteiger partial charge is 0.407 e. The van der Waals surface area contributed by atoms with Crippen LogP contribution in [-0.2, 0) is 9.53 Å². The first-order valence-electron chi connectivity index (χ1n) is 6.65. The van der Waals surface area contributed by atoms with Gasteiger partial charge in [0, 0.05) is 19.6 Å². The molecule has 3 amide bonds. The van der Waals surface area contributed by atoms with Crippen LogP contribution >= 0.6 is 0 Å². The van der Waals surface area contributed by atoms with E-state index in [-0.39, 0.29) is 12.1 Å². The number of methoxy groups -OCH3 is 1. The highest BCUT2D eigenvalue weighted by Crippen LogP contribution is 2.21. The summed E-state index contributed by atoms with van der Waals surface area (Å²) in [5, 5.41) is 11.7. The van der Waals surface area contributed by atoms with Crippen LogP contribution in [0.1, 0.15) is 19.3 Å². The van der Waals surface area contributed by atoms with E-state index in [0.29, 0.717) is 38.9 Å². The molecule has 2 atom stereocenters. The van der Waals surface area contributed by atoms with E-state index >= 15 is 0 Å². The molecule has 0 bridgehead atoms. The number of alkyl carbamates (subject to hydrolysis) is 1. The Hall–Kier alpha value is -1.99. The molecule has 0 radical (unpaired) electrons. The molecule has 0 spiro atoms. The molecule has 8 nitrogen and oxygen atoms in total. The lowest BCUT2D eigenvalue weighted by Gasteiger charge is -2.27. The lowest BCUT2D eigenvalue weighted by atomic mass is 10.2. The Kier molecular flexibility index (Phi) is 4.31. The molecule has 2 fully saturated rings. The van der Waals surface area contributed by atoms with E-state index in [0.717, 1.165) is 0 Å². The first-order chi connectivity index (χ1) is 9.52. The van der Waals surface area contributed by atoms with Gasteiger partial charge in [-0.05, 0) is 19.3 Å². The van der Waals surface area contributed by atoms with Gasteiger partial charge in [-0.1, -0.05) is 0 Å². The number of amides is 3. The minimum atomic E-state index is -0.959. The van der Waals surface area contributed by atoms with Crippen molar-refractivity contribution in [1.29, 1.82) is 0 Å². The Labute approximate surface area is 116 Å². The minimum absolute atomic E-state index is 0.141. The Bertz CT molecular complexity index is 414. The average Bonchev–Trinajstić information content (AvgIpc) is 3.06. The van der Waals surface area contributed by atoms with Crippen molar-refractivity contribution in [1.82, 2.24) is 15.1 Å². The normalized spacial score (nSPS) is 25.6. The number of hydrogen-bond donors (Lipinski definition) is 2. The Balaban J connectivity index is 1.91. The van der Waals surface area contributed by atoms with Crippen LogP contribution in [0.15, 0.2) is 0 Å². The summed E-state index contributed by atoms with van der Waals surface area (Å²) < 4.78 is 4.51. The van der Waals surface area contributed by atoms with E-state index in [2.05, 4.69) is 10.1 Å². The Morgan fingerprint density at radius 2 is 2.00 bits per heavy atom. The van der Waals surface area contributed by atoms with Gasteiger partial charge in [0.1, 0.15) is 6.04 Å². The molecule has 20 heavy (non-hydrogen) atoms. The van der Waals surface area contributed by atoms with Crippen molar-refractivity contribution < 1.29 is 24.2 Å². The summed E-state index contributed by atoms with van der Waals surface area (Å²) in [5.74, 6) is -0.959. The quantitative estimate of drug-likeness (QED) is 0.749. The SMILES string of the molecule is COC(=O)NC1CCN(C(=O)N2CCC[C@H]2C(=O)O)C1. The number of hydrogen-bond acceptors (Lipinski definition) is 4. The van der Waals surface area contributed by atoms with Crippen LogP contribution in [0.2, 0.25) is 0 Å². The number of carboxylic acid groups (broad SMARTS) is 1. The molecule has 0 aromatic rings. The van der Waals surface area contributed by atoms with Crippen LogP contribution in [0.25, 0.3) is 0 Å². The number of carbonyl (C=O) groups excluding carboxylic acids is 2. The van der Waals surface area contributed by atoms with Gasteiger partial charge in [0.15, 0.2) is 0 Å². The van der Waals surface area contributed by atoms with Gasteiger partial charge in [0.2, 0.25) is 0 Å². The summed E-state index contributed by atoms with van der Waals surface area (Å²) in [6.07, 6.45) is 1.33. The molecule has 2 saturated heterocycles. The molecular formula is C12H19N3O5. The summed E-state index contributed by atoms with van der Waals surface area (Å²) in [6, 6.07) is -1.13. The molecule has 2 rings (SSSR count). The van der Waals surface area contributed by atoms with Crippen molar-refractivity contribution in [2.75, 3.05) is 26.7 Å². The third-order valence-corrected chi connectivity index (χ3v) is 3.75. The summed E-state index contributed by atoms with van der Waals surface area (Å²) >= 11 is 0. The fourth-order valence-corrected chi connectivity index (χ4v) is 2.71. The lowest BCUT2D eigenvalue weighted by molar-refractivity contribution is -0.141. The molecule has 0 aliphatic carbocycles. The summed E-state index contributed by atoms with van der Waals surface area (Å²) in [5.41, 5.74) is 0. The number of likely N-dealkylation sites (tertiary alicyclic amines) is 2. The first-order valence-corrected chi connectivity index (χ1v) is 6.65. The van der Waals surface area contributed by atoms with Gasteiger partial charge < -0.3 is 25.0 Å². The number of carbonyl (C=O) groups is 3. The summed E-state index contributed by atoms with van der Waals surface area (Å²) in [4.78, 5) is 37.5. The zero-order valence-electron chi connectivity index (χ0n) is 11.4. The van der Waals surface area contributed by atoms with Crippen LogP contribution < -0.4 is 5.32 Å². The van der Waals surface area contributed by atoms with Gasteiger partial charge in [-0.2, -0.15) is 0 Å². The number of carboxylic acids is 1. The topological polar surface area (TPSA) is 99.2 Å². The molecular weight excluding hydrogens is 266 g/mol. The van der Waals surface area contributed by atoms with E-state index in [1.165, 1.54) is 12.0 Å². The van der Waals surface area contributed by atoms with E-state index < -0.39 is 18.1 Å². The van der Waals surface area contributed by atoms with Gasteiger partial charge in [0.05, 0.1) is 13.2 Å². The predicted molar refractivity (Wildman–Crippen MR) is 68.3 cm³/mol. The van der Waals surface area contributed by atoms with Crippen LogP contribution in [0, 0.1) is 0 Å². The zero-order chi connectivity index (χ0) is 14.7. The van der Waals surface area contributed by atoms with Gasteiger partial charge in [-0.3, -0.25) is 0 Å². The molecule has 1 unspecified atom stereocenters. The van der Waals surface area contributed by atoms with Crippen molar-refractivity contribution in [3.05, 3.63) is 0 Å². The van der Waals surface area contributed by atoms with Crippen LogP contribution in [0.4, 0.5) is 9.59 Å². The van der Waals surface area contributed by atoms with Gasteiger partial charge >= 0.3 is 18.1 Å². The van der Waals surface area contributed by atoms with E-state index in [1.807, 2.05) is 0 Å². The lowest BCUT2D eigenvalue weighted by Crippen LogP contribution is -2.48. The highest BCUT2D eigenvalue weighted by Gasteiger charge is 2.38. The average molecular weight is 285 g/mol. The molecule has 2 aliphatic rings. The van der Waals surface area contributed by atoms with Crippen LogP contribution in [0.5, 0.6) is 0 Å². The maximum Gasteiger partial charge on any atom is 0.407 e. The van der Waals surface area contributed by atoms with E-state index in [9.17, 15) is 14.4 Å². The third-order valence-electron chi connectivity index (χ3n) is 3.75. The van der Waals surface area contributed by atoms with Gasteiger partial charge in [-0.25, -0.2) is 14.4 Å². The highest BCUT2D eigenvalue weighted by molar-refractivity contribution is 5.83. The van der Waals surface area contributed by atoms with Gasteiger partial charge in [0.25, 0.3) is 0 Å². The van der Waals surface area contributed by atoms with Crippen molar-refractivity contribution >= 4 is 18.1 Å². The highest BCUT2D eigenvalue weighted by atomic mass is 16.5. The van der Waals surface area contributed by atoms with Crippen molar-refractivity contribution in [2.24, 2.45) is 0 Å². The second kappa shape index (κ2) is 5.98. The molecule has 8 heteroatoms. The van der Waals surface area contributed by atoms with Crippen molar-refractivity contribution in [2.45, 2.75) is 31.3 Å². The fraction of sp³-hybridized carbons (Fsp3) is 0.750. The summed E-state index contributed by atoms with van der Waals surface area (Å²) in [6.45, 7) is 1.37. The zero-order valence-corrected chi connectivity index (χ0v) is 11.4. The van der Waals surface area contributed by atoms with Crippen molar-refractivity contribution in [3.8, 4) is 0 Å². The number of aliphatic carboxylic acids is 1. The van der Waals surface area contributed by atoms with Crippen LogP contribution in [-0.4, -0.2) is 71.8 Å². The Morgan fingerprint density at radius 1 is 1.25 bits per heavy atom. The second-order valence-electron chi connectivity index (χ2n) is 5.04. The largest absolute Gasteiger partial charge is 0.480 e. The fourth-order valence-electron chi connectivity index (χ4n) is 2.71.